The van der Waals surface area contributed by atoms with Crippen molar-refractivity contribution in [2.75, 3.05) is 7.11 Å². The highest BCUT2D eigenvalue weighted by Gasteiger charge is 2.09. The maximum absolute atomic E-state index is 10.9. The summed E-state index contributed by atoms with van der Waals surface area (Å²) < 4.78 is 12.0. The molecule has 0 bridgehead atoms. The highest BCUT2D eigenvalue weighted by atomic mass is 16.5. The first kappa shape index (κ1) is 17.5. The van der Waals surface area contributed by atoms with E-state index >= 15 is 0 Å². The van der Waals surface area contributed by atoms with Crippen molar-refractivity contribution < 1.29 is 14.3 Å². The van der Waals surface area contributed by atoms with Gasteiger partial charge in [0.2, 0.25) is 0 Å². The molecule has 0 aliphatic carbocycles. The van der Waals surface area contributed by atoms with Crippen LogP contribution < -0.4 is 10.5 Å². The van der Waals surface area contributed by atoms with Crippen molar-refractivity contribution in [3.63, 3.8) is 0 Å². The van der Waals surface area contributed by atoms with Crippen LogP contribution in [0, 0.1) is 13.8 Å². The number of carbonyl (C=O) groups is 1. The fraction of sp³-hybridized carbons (Fsp3) is 0.200. The summed E-state index contributed by atoms with van der Waals surface area (Å²) in [5, 5.41) is 4.68. The van der Waals surface area contributed by atoms with Crippen molar-refractivity contribution in [3.05, 3.63) is 65.4 Å². The molecule has 2 N–H and O–H groups in total. The summed E-state index contributed by atoms with van der Waals surface area (Å²) in [7, 11) is 1.65. The monoisotopic (exact) mass is 351 g/mol. The topological polar surface area (TPSA) is 79.4 Å². The maximum Gasteiger partial charge on any atom is 0.404 e. The van der Waals surface area contributed by atoms with E-state index in [2.05, 4.69) is 5.10 Å². The Balaban J connectivity index is 1.90. The van der Waals surface area contributed by atoms with Gasteiger partial charge in [-0.1, -0.05) is 12.1 Å². The van der Waals surface area contributed by atoms with E-state index in [1.165, 1.54) is 0 Å². The normalized spacial score (nSPS) is 10.6. The van der Waals surface area contributed by atoms with Crippen molar-refractivity contribution in [1.29, 1.82) is 0 Å². The molecule has 1 amide bonds. The molecular weight excluding hydrogens is 330 g/mol. The quantitative estimate of drug-likeness (QED) is 0.759. The van der Waals surface area contributed by atoms with Crippen LogP contribution >= 0.6 is 0 Å². The number of nitrogens with two attached hydrogens (primary N) is 1. The number of primary amides is 1. The molecule has 0 saturated heterocycles. The van der Waals surface area contributed by atoms with Gasteiger partial charge in [-0.25, -0.2) is 9.48 Å². The van der Waals surface area contributed by atoms with Crippen LogP contribution in [-0.4, -0.2) is 23.0 Å². The Morgan fingerprint density at radius 2 is 1.92 bits per heavy atom. The zero-order chi connectivity index (χ0) is 18.7. The predicted octanol–water partition coefficient (Wildman–Crippen LogP) is 3.76. The van der Waals surface area contributed by atoms with Gasteiger partial charge in [-0.3, -0.25) is 0 Å². The van der Waals surface area contributed by atoms with Gasteiger partial charge in [0.05, 0.1) is 18.5 Å². The Hall–Kier alpha value is -3.28. The molecule has 26 heavy (non-hydrogen) atoms. The lowest BCUT2D eigenvalue weighted by Gasteiger charge is -2.09. The van der Waals surface area contributed by atoms with Crippen molar-refractivity contribution in [1.82, 2.24) is 9.78 Å². The third kappa shape index (κ3) is 3.69. The van der Waals surface area contributed by atoms with E-state index in [0.717, 1.165) is 39.4 Å². The zero-order valence-electron chi connectivity index (χ0n) is 15.0. The molecular formula is C20H21N3O3. The Kier molecular flexibility index (Phi) is 4.93. The molecule has 1 heterocycles. The summed E-state index contributed by atoms with van der Waals surface area (Å²) in [6, 6.07) is 13.8. The second-order valence-electron chi connectivity index (χ2n) is 6.05. The molecule has 0 radical (unpaired) electrons. The predicted molar refractivity (Wildman–Crippen MR) is 99.4 cm³/mol. The van der Waals surface area contributed by atoms with Gasteiger partial charge in [-0.15, -0.1) is 0 Å². The highest BCUT2D eigenvalue weighted by molar-refractivity contribution is 5.65. The standard InChI is InChI=1S/C20H21N3O3/c1-13-4-5-15(11-16(13)12-26-20(21)24)18-8-9-23(22-18)19-7-6-17(25-3)10-14(19)2/h4-11H,12H2,1-3H3,(H2,21,24). The molecule has 0 fully saturated rings. The fourth-order valence-corrected chi connectivity index (χ4v) is 2.76. The van der Waals surface area contributed by atoms with Crippen LogP contribution in [0.3, 0.4) is 0 Å². The average Bonchev–Trinajstić information content (AvgIpc) is 3.10. The van der Waals surface area contributed by atoms with Gasteiger partial charge in [0, 0.05) is 11.8 Å². The van der Waals surface area contributed by atoms with E-state index in [1.54, 1.807) is 7.11 Å². The van der Waals surface area contributed by atoms with Crippen LogP contribution in [0.15, 0.2) is 48.7 Å². The number of ether oxygens (including phenoxy) is 2. The second kappa shape index (κ2) is 7.31. The van der Waals surface area contributed by atoms with E-state index in [-0.39, 0.29) is 6.61 Å². The average molecular weight is 351 g/mol. The zero-order valence-corrected chi connectivity index (χ0v) is 15.0. The number of carbonyl (C=O) groups excluding carboxylic acids is 1. The van der Waals surface area contributed by atoms with Crippen LogP contribution in [0.1, 0.15) is 16.7 Å². The van der Waals surface area contributed by atoms with E-state index < -0.39 is 6.09 Å². The van der Waals surface area contributed by atoms with Gasteiger partial charge in [-0.05, 0) is 60.9 Å². The molecule has 0 spiro atoms. The first-order valence-electron chi connectivity index (χ1n) is 8.21. The molecule has 0 unspecified atom stereocenters. The highest BCUT2D eigenvalue weighted by Crippen LogP contribution is 2.24. The smallest absolute Gasteiger partial charge is 0.404 e. The van der Waals surface area contributed by atoms with Crippen molar-refractivity contribution >= 4 is 6.09 Å². The number of rotatable bonds is 5. The third-order valence-electron chi connectivity index (χ3n) is 4.25. The minimum Gasteiger partial charge on any atom is -0.497 e. The number of hydrogen-bond donors (Lipinski definition) is 1. The number of methoxy groups -OCH3 is 1. The SMILES string of the molecule is COc1ccc(-n2ccc(-c3ccc(C)c(COC(N)=O)c3)n2)c(C)c1. The summed E-state index contributed by atoms with van der Waals surface area (Å²) in [6.45, 7) is 4.13. The summed E-state index contributed by atoms with van der Waals surface area (Å²) in [6.07, 6.45) is 1.14. The van der Waals surface area contributed by atoms with Gasteiger partial charge in [0.1, 0.15) is 12.4 Å². The van der Waals surface area contributed by atoms with Gasteiger partial charge < -0.3 is 15.2 Å². The van der Waals surface area contributed by atoms with Crippen LogP contribution in [0.2, 0.25) is 0 Å². The molecule has 6 heteroatoms. The Morgan fingerprint density at radius 1 is 1.12 bits per heavy atom. The largest absolute Gasteiger partial charge is 0.497 e. The third-order valence-corrected chi connectivity index (χ3v) is 4.25. The number of hydrogen-bond acceptors (Lipinski definition) is 4. The minimum atomic E-state index is -0.783. The second-order valence-corrected chi connectivity index (χ2v) is 6.05. The van der Waals surface area contributed by atoms with Crippen molar-refractivity contribution in [2.45, 2.75) is 20.5 Å². The summed E-state index contributed by atoms with van der Waals surface area (Å²) in [5.74, 6) is 0.816. The molecule has 6 nitrogen and oxygen atoms in total. The molecule has 3 aromatic rings. The van der Waals surface area contributed by atoms with Gasteiger partial charge in [0.25, 0.3) is 0 Å². The van der Waals surface area contributed by atoms with E-state index in [1.807, 2.05) is 67.2 Å². The Morgan fingerprint density at radius 3 is 2.62 bits per heavy atom. The van der Waals surface area contributed by atoms with Crippen LogP contribution in [0.5, 0.6) is 5.75 Å². The van der Waals surface area contributed by atoms with Crippen LogP contribution in [0.25, 0.3) is 16.9 Å². The molecule has 0 atom stereocenters. The molecule has 134 valence electrons. The number of amides is 1. The molecule has 3 rings (SSSR count). The van der Waals surface area contributed by atoms with Crippen LogP contribution in [0.4, 0.5) is 4.79 Å². The summed E-state index contributed by atoms with van der Waals surface area (Å²) in [5.41, 5.74) is 10.8. The number of benzene rings is 2. The van der Waals surface area contributed by atoms with Gasteiger partial charge in [0.15, 0.2) is 0 Å². The first-order valence-corrected chi connectivity index (χ1v) is 8.21. The van der Waals surface area contributed by atoms with Crippen LogP contribution in [-0.2, 0) is 11.3 Å². The summed E-state index contributed by atoms with van der Waals surface area (Å²) in [4.78, 5) is 10.9. The van der Waals surface area contributed by atoms with E-state index in [9.17, 15) is 4.79 Å². The molecule has 0 aliphatic heterocycles. The molecule has 2 aromatic carbocycles. The van der Waals surface area contributed by atoms with E-state index in [4.69, 9.17) is 15.2 Å². The number of aromatic nitrogens is 2. The summed E-state index contributed by atoms with van der Waals surface area (Å²) >= 11 is 0. The van der Waals surface area contributed by atoms with Gasteiger partial charge >= 0.3 is 6.09 Å². The number of aryl methyl sites for hydroxylation is 2. The maximum atomic E-state index is 10.9. The lowest BCUT2D eigenvalue weighted by Crippen LogP contribution is -2.13. The molecule has 0 aliphatic rings. The first-order chi connectivity index (χ1) is 12.5. The lowest BCUT2D eigenvalue weighted by molar-refractivity contribution is 0.150. The molecule has 0 saturated carbocycles. The van der Waals surface area contributed by atoms with Crippen molar-refractivity contribution in [3.8, 4) is 22.7 Å². The Labute approximate surface area is 152 Å². The Bertz CT molecular complexity index is 947. The van der Waals surface area contributed by atoms with Crippen molar-refractivity contribution in [2.24, 2.45) is 5.73 Å². The minimum absolute atomic E-state index is 0.146. The van der Waals surface area contributed by atoms with Gasteiger partial charge in [-0.2, -0.15) is 5.10 Å². The number of nitrogens with zero attached hydrogens (tertiary/aromatic N) is 2. The molecule has 1 aromatic heterocycles. The fourth-order valence-electron chi connectivity index (χ4n) is 2.76. The van der Waals surface area contributed by atoms with E-state index in [0.29, 0.717) is 0 Å². The lowest BCUT2D eigenvalue weighted by atomic mass is 10.0.